The summed E-state index contributed by atoms with van der Waals surface area (Å²) in [6, 6.07) is 0. The van der Waals surface area contributed by atoms with E-state index in [0.717, 1.165) is 57.9 Å². The third-order valence-corrected chi connectivity index (χ3v) is 5.39. The molecule has 1 atom stereocenters. The fourth-order valence-electron chi connectivity index (χ4n) is 3.80. The molecule has 0 bridgehead atoms. The number of nitrogens with zero attached hydrogens (tertiary/aromatic N) is 3. The van der Waals surface area contributed by atoms with Gasteiger partial charge in [-0.3, -0.25) is 4.79 Å². The first kappa shape index (κ1) is 16.7. The lowest BCUT2D eigenvalue weighted by Crippen LogP contribution is -2.40. The van der Waals surface area contributed by atoms with Crippen LogP contribution in [0.5, 0.6) is 0 Å². The van der Waals surface area contributed by atoms with Gasteiger partial charge in [0.2, 0.25) is 11.8 Å². The monoisotopic (exact) mass is 340 g/mol. The number of piperidine rings is 1. The minimum absolute atomic E-state index is 0. The highest BCUT2D eigenvalue weighted by molar-refractivity contribution is 5.85. The van der Waals surface area contributed by atoms with Gasteiger partial charge in [0.1, 0.15) is 0 Å². The van der Waals surface area contributed by atoms with Crippen molar-refractivity contribution in [2.75, 3.05) is 13.1 Å². The van der Waals surface area contributed by atoms with Crippen LogP contribution in [0.15, 0.2) is 4.52 Å². The van der Waals surface area contributed by atoms with Crippen LogP contribution < -0.4 is 5.73 Å². The summed E-state index contributed by atoms with van der Waals surface area (Å²) < 4.78 is 5.51. The molecular weight excluding hydrogens is 316 g/mol. The smallest absolute Gasteiger partial charge is 0.231 e. The Bertz CT molecular complexity index is 566. The molecule has 2 N–H and O–H groups in total. The average Bonchev–Trinajstić information content (AvgIpc) is 3.08. The minimum atomic E-state index is -0.403. The number of likely N-dealkylation sites (tertiary alicyclic amines) is 1. The van der Waals surface area contributed by atoms with Crippen LogP contribution >= 0.6 is 12.4 Å². The molecule has 1 aromatic rings. The molecule has 1 amide bonds. The highest BCUT2D eigenvalue weighted by Crippen LogP contribution is 2.37. The predicted molar refractivity (Wildman–Crippen MR) is 87.2 cm³/mol. The third-order valence-electron chi connectivity index (χ3n) is 5.39. The van der Waals surface area contributed by atoms with Gasteiger partial charge >= 0.3 is 0 Å². The van der Waals surface area contributed by atoms with Gasteiger partial charge in [-0.15, -0.1) is 12.4 Å². The fourth-order valence-corrected chi connectivity index (χ4v) is 3.80. The second-order valence-electron chi connectivity index (χ2n) is 7.22. The number of aromatic nitrogens is 2. The Hall–Kier alpha value is -1.14. The second kappa shape index (κ2) is 6.40. The molecule has 2 heterocycles. The molecule has 2 aliphatic carbocycles. The van der Waals surface area contributed by atoms with Crippen molar-refractivity contribution in [3.63, 3.8) is 0 Å². The van der Waals surface area contributed by atoms with Crippen molar-refractivity contribution in [1.29, 1.82) is 0 Å². The molecule has 3 fully saturated rings. The van der Waals surface area contributed by atoms with Gasteiger partial charge in [0.05, 0.1) is 11.5 Å². The quantitative estimate of drug-likeness (QED) is 0.912. The zero-order valence-electron chi connectivity index (χ0n) is 13.4. The Labute approximate surface area is 142 Å². The van der Waals surface area contributed by atoms with Gasteiger partial charge in [-0.25, -0.2) is 0 Å². The van der Waals surface area contributed by atoms with Crippen LogP contribution in [0.3, 0.4) is 0 Å². The predicted octanol–water partition coefficient (Wildman–Crippen LogP) is 2.34. The molecule has 1 aliphatic heterocycles. The standard InChI is InChI=1S/C16H24N4O2.ClH/c17-16(7-1-2-8-16)15-18-13(22-19-15)12-4-3-9-20(10-12)14(21)11-5-6-11;/h11-12H,1-10,17H2;1H. The van der Waals surface area contributed by atoms with E-state index < -0.39 is 5.54 Å². The van der Waals surface area contributed by atoms with Crippen molar-refractivity contribution in [1.82, 2.24) is 15.0 Å². The first-order valence-electron chi connectivity index (χ1n) is 8.57. The maximum absolute atomic E-state index is 12.2. The molecule has 128 valence electrons. The van der Waals surface area contributed by atoms with E-state index in [2.05, 4.69) is 10.1 Å². The van der Waals surface area contributed by atoms with E-state index in [-0.39, 0.29) is 24.2 Å². The summed E-state index contributed by atoms with van der Waals surface area (Å²) in [5, 5.41) is 4.15. The van der Waals surface area contributed by atoms with Gasteiger partial charge in [0.25, 0.3) is 0 Å². The minimum Gasteiger partial charge on any atom is -0.342 e. The van der Waals surface area contributed by atoms with Crippen LogP contribution in [0, 0.1) is 5.92 Å². The lowest BCUT2D eigenvalue weighted by atomic mass is 9.96. The summed E-state index contributed by atoms with van der Waals surface area (Å²) in [5.74, 6) is 2.09. The number of rotatable bonds is 3. The van der Waals surface area contributed by atoms with E-state index in [1.165, 1.54) is 0 Å². The molecule has 4 rings (SSSR count). The summed E-state index contributed by atoms with van der Waals surface area (Å²) in [6.45, 7) is 1.59. The molecule has 1 unspecified atom stereocenters. The molecule has 2 saturated carbocycles. The summed E-state index contributed by atoms with van der Waals surface area (Å²) in [6.07, 6.45) is 8.26. The highest BCUT2D eigenvalue weighted by Gasteiger charge is 2.39. The maximum Gasteiger partial charge on any atom is 0.231 e. The molecule has 6 nitrogen and oxygen atoms in total. The van der Waals surface area contributed by atoms with Crippen LogP contribution in [0.2, 0.25) is 0 Å². The van der Waals surface area contributed by atoms with E-state index in [0.29, 0.717) is 24.2 Å². The fraction of sp³-hybridized carbons (Fsp3) is 0.812. The van der Waals surface area contributed by atoms with Crippen molar-refractivity contribution in [2.45, 2.75) is 62.8 Å². The lowest BCUT2D eigenvalue weighted by molar-refractivity contribution is -0.133. The molecule has 0 aromatic carbocycles. The van der Waals surface area contributed by atoms with Gasteiger partial charge in [-0.2, -0.15) is 4.98 Å². The van der Waals surface area contributed by atoms with Crippen LogP contribution in [0.25, 0.3) is 0 Å². The molecule has 0 radical (unpaired) electrons. The van der Waals surface area contributed by atoms with Crippen molar-refractivity contribution >= 4 is 18.3 Å². The van der Waals surface area contributed by atoms with Gasteiger partial charge in [-0.1, -0.05) is 18.0 Å². The Balaban J connectivity index is 0.00000156. The summed E-state index contributed by atoms with van der Waals surface area (Å²) >= 11 is 0. The molecule has 1 aromatic heterocycles. The van der Waals surface area contributed by atoms with E-state index in [9.17, 15) is 4.79 Å². The van der Waals surface area contributed by atoms with Crippen LogP contribution in [0.4, 0.5) is 0 Å². The van der Waals surface area contributed by atoms with Crippen molar-refractivity contribution < 1.29 is 9.32 Å². The molecule has 3 aliphatic rings. The Morgan fingerprint density at radius 3 is 2.65 bits per heavy atom. The second-order valence-corrected chi connectivity index (χ2v) is 7.22. The molecule has 23 heavy (non-hydrogen) atoms. The van der Waals surface area contributed by atoms with Gasteiger partial charge < -0.3 is 15.2 Å². The number of halogens is 1. The Morgan fingerprint density at radius 2 is 1.96 bits per heavy atom. The highest BCUT2D eigenvalue weighted by atomic mass is 35.5. The Kier molecular flexibility index (Phi) is 4.65. The number of carbonyl (C=O) groups is 1. The zero-order valence-corrected chi connectivity index (χ0v) is 14.2. The van der Waals surface area contributed by atoms with E-state index in [1.807, 2.05) is 4.90 Å². The first-order valence-corrected chi connectivity index (χ1v) is 8.57. The van der Waals surface area contributed by atoms with Crippen LogP contribution in [-0.4, -0.2) is 34.0 Å². The summed E-state index contributed by atoms with van der Waals surface area (Å²) in [7, 11) is 0. The van der Waals surface area contributed by atoms with Crippen molar-refractivity contribution in [3.05, 3.63) is 11.7 Å². The van der Waals surface area contributed by atoms with Gasteiger partial charge in [-0.05, 0) is 38.5 Å². The summed E-state index contributed by atoms with van der Waals surface area (Å²) in [4.78, 5) is 18.8. The molecule has 7 heteroatoms. The number of carbonyl (C=O) groups excluding carboxylic acids is 1. The maximum atomic E-state index is 12.2. The lowest BCUT2D eigenvalue weighted by Gasteiger charge is -2.31. The number of hydrogen-bond acceptors (Lipinski definition) is 5. The first-order chi connectivity index (χ1) is 10.7. The Morgan fingerprint density at radius 1 is 1.22 bits per heavy atom. The molecule has 1 saturated heterocycles. The normalized spacial score (nSPS) is 26.8. The van der Waals surface area contributed by atoms with E-state index in [1.54, 1.807) is 0 Å². The average molecular weight is 341 g/mol. The molecule has 0 spiro atoms. The number of amides is 1. The van der Waals surface area contributed by atoms with E-state index >= 15 is 0 Å². The zero-order chi connectivity index (χ0) is 15.2. The third kappa shape index (κ3) is 3.24. The largest absolute Gasteiger partial charge is 0.342 e. The number of hydrogen-bond donors (Lipinski definition) is 1. The van der Waals surface area contributed by atoms with Crippen molar-refractivity contribution in [2.24, 2.45) is 11.7 Å². The SMILES string of the molecule is Cl.NC1(c2noc(C3CCCN(C(=O)C4CC4)C3)n2)CCCC1. The molecular formula is C16H25ClN4O2. The van der Waals surface area contributed by atoms with Gasteiger partial charge in [0.15, 0.2) is 5.82 Å². The van der Waals surface area contributed by atoms with Gasteiger partial charge in [0, 0.05) is 19.0 Å². The van der Waals surface area contributed by atoms with Crippen LogP contribution in [0.1, 0.15) is 69.0 Å². The van der Waals surface area contributed by atoms with E-state index in [4.69, 9.17) is 10.3 Å². The van der Waals surface area contributed by atoms with Crippen molar-refractivity contribution in [3.8, 4) is 0 Å². The topological polar surface area (TPSA) is 85.2 Å². The number of nitrogens with two attached hydrogens (primary N) is 1. The van der Waals surface area contributed by atoms with Crippen LogP contribution in [-0.2, 0) is 10.3 Å². The summed E-state index contributed by atoms with van der Waals surface area (Å²) in [5.41, 5.74) is 5.99.